The monoisotopic (exact) mass is 382 g/mol. The van der Waals surface area contributed by atoms with Crippen molar-refractivity contribution in [3.63, 3.8) is 0 Å². The van der Waals surface area contributed by atoms with Crippen molar-refractivity contribution < 1.29 is 4.58 Å². The van der Waals surface area contributed by atoms with Gasteiger partial charge in [0.05, 0.1) is 5.41 Å². The number of thiophene rings is 1. The van der Waals surface area contributed by atoms with Gasteiger partial charge in [-0.15, -0.1) is 11.3 Å². The highest BCUT2D eigenvalue weighted by atomic mass is 32.1. The third kappa shape index (κ3) is 2.71. The molecule has 2 heterocycles. The third-order valence-electron chi connectivity index (χ3n) is 6.12. The highest BCUT2D eigenvalue weighted by Gasteiger charge is 2.47. The zero-order valence-corrected chi connectivity index (χ0v) is 17.2. The normalized spacial score (nSPS) is 21.1. The Morgan fingerprint density at radius 3 is 2.75 bits per heavy atom. The van der Waals surface area contributed by atoms with Gasteiger partial charge in [0, 0.05) is 22.6 Å². The van der Waals surface area contributed by atoms with Crippen LogP contribution in [0.3, 0.4) is 0 Å². The van der Waals surface area contributed by atoms with Gasteiger partial charge in [-0.1, -0.05) is 54.1 Å². The zero-order chi connectivity index (χ0) is 19.1. The van der Waals surface area contributed by atoms with Crippen LogP contribution in [-0.4, -0.2) is 17.3 Å². The summed E-state index contributed by atoms with van der Waals surface area (Å²) in [4.78, 5) is 1.30. The molecule has 0 N–H and O–H groups in total. The van der Waals surface area contributed by atoms with Crippen molar-refractivity contribution in [1.29, 1.82) is 0 Å². The Labute approximate surface area is 170 Å². The van der Waals surface area contributed by atoms with E-state index in [9.17, 15) is 0 Å². The fourth-order valence-electron chi connectivity index (χ4n) is 4.85. The van der Waals surface area contributed by atoms with Crippen molar-refractivity contribution in [3.05, 3.63) is 94.2 Å². The second-order valence-corrected chi connectivity index (χ2v) is 8.92. The summed E-state index contributed by atoms with van der Waals surface area (Å²) in [6, 6.07) is 17.7. The van der Waals surface area contributed by atoms with Crippen LogP contribution >= 0.6 is 11.3 Å². The first-order valence-corrected chi connectivity index (χ1v) is 10.7. The lowest BCUT2D eigenvalue weighted by molar-refractivity contribution is -0.401. The second kappa shape index (κ2) is 6.72. The highest BCUT2D eigenvalue weighted by molar-refractivity contribution is 7.10. The van der Waals surface area contributed by atoms with E-state index in [1.807, 2.05) is 0 Å². The van der Waals surface area contributed by atoms with Gasteiger partial charge >= 0.3 is 0 Å². The molecular formula is C26H24NS+. The van der Waals surface area contributed by atoms with Gasteiger partial charge in [0.25, 0.3) is 0 Å². The Morgan fingerprint density at radius 2 is 1.96 bits per heavy atom. The maximum absolute atomic E-state index is 2.43. The summed E-state index contributed by atoms with van der Waals surface area (Å²) in [6.07, 6.45) is 13.5. The molecule has 0 radical (unpaired) electrons. The summed E-state index contributed by atoms with van der Waals surface area (Å²) in [5.41, 5.74) is 5.64. The van der Waals surface area contributed by atoms with E-state index in [2.05, 4.69) is 103 Å². The molecule has 1 nitrogen and oxygen atoms in total. The molecule has 0 saturated carbocycles. The van der Waals surface area contributed by atoms with Gasteiger partial charge in [0.15, 0.2) is 5.71 Å². The van der Waals surface area contributed by atoms with Gasteiger partial charge in [-0.3, -0.25) is 0 Å². The molecule has 3 aromatic rings. The number of allylic oxidation sites excluding steroid dienone is 5. The number of hydrogen-bond donors (Lipinski definition) is 0. The lowest BCUT2D eigenvalue weighted by Gasteiger charge is -2.24. The van der Waals surface area contributed by atoms with Gasteiger partial charge in [0.1, 0.15) is 7.05 Å². The van der Waals surface area contributed by atoms with Gasteiger partial charge in [-0.05, 0) is 54.1 Å². The average molecular weight is 383 g/mol. The Morgan fingerprint density at radius 1 is 1.07 bits per heavy atom. The molecule has 0 amide bonds. The Hall–Kier alpha value is -2.71. The van der Waals surface area contributed by atoms with Crippen LogP contribution in [0.1, 0.15) is 30.2 Å². The molecule has 1 atom stereocenters. The van der Waals surface area contributed by atoms with Crippen molar-refractivity contribution in [1.82, 2.24) is 0 Å². The molecule has 0 fully saturated rings. The van der Waals surface area contributed by atoms with Gasteiger partial charge in [-0.2, -0.15) is 4.58 Å². The average Bonchev–Trinajstić information content (AvgIpc) is 3.44. The second-order valence-electron chi connectivity index (χ2n) is 7.94. The fourth-order valence-corrected chi connectivity index (χ4v) is 5.46. The summed E-state index contributed by atoms with van der Waals surface area (Å²) in [5, 5.41) is 4.84. The lowest BCUT2D eigenvalue weighted by atomic mass is 9.72. The van der Waals surface area contributed by atoms with E-state index in [0.29, 0.717) is 0 Å². The fraction of sp³-hybridized carbons (Fsp3) is 0.192. The molecule has 5 rings (SSSR count). The Bertz CT molecular complexity index is 1170. The van der Waals surface area contributed by atoms with Crippen molar-refractivity contribution in [2.45, 2.75) is 25.2 Å². The summed E-state index contributed by atoms with van der Waals surface area (Å²) in [6.45, 7) is 2.43. The first-order valence-electron chi connectivity index (χ1n) is 9.86. The molecule has 1 aliphatic carbocycles. The standard InChI is InChI=1S/C26H24NS/c1-26(18-19-8-3-4-9-19)24(16-14-21-11-7-17-28-21)27(2)23-15-13-20-10-5-6-12-22(20)25(23)26/h3-8,10-17H,9,18H2,1-2H3/q+1. The molecule has 28 heavy (non-hydrogen) atoms. The Kier molecular flexibility index (Phi) is 4.17. The van der Waals surface area contributed by atoms with Crippen LogP contribution in [0.2, 0.25) is 0 Å². The largest absolute Gasteiger partial charge is 0.210 e. The third-order valence-corrected chi connectivity index (χ3v) is 6.96. The van der Waals surface area contributed by atoms with Crippen LogP contribution in [0.15, 0.2) is 83.8 Å². The summed E-state index contributed by atoms with van der Waals surface area (Å²) in [7, 11) is 2.22. The van der Waals surface area contributed by atoms with Crippen molar-refractivity contribution >= 4 is 39.6 Å². The minimum absolute atomic E-state index is 0.0451. The van der Waals surface area contributed by atoms with Crippen LogP contribution in [0.25, 0.3) is 16.8 Å². The SMILES string of the molecule is C[N+]1=C(C=Cc2cccs2)C(C)(CC2=CC=CC2)c2c1ccc1ccccc21. The smallest absolute Gasteiger partial charge is 0.198 e. The first kappa shape index (κ1) is 17.4. The zero-order valence-electron chi connectivity index (χ0n) is 16.4. The van der Waals surface area contributed by atoms with Gasteiger partial charge in [-0.25, -0.2) is 0 Å². The van der Waals surface area contributed by atoms with Crippen LogP contribution in [0.4, 0.5) is 5.69 Å². The molecule has 1 aliphatic heterocycles. The van der Waals surface area contributed by atoms with E-state index in [-0.39, 0.29) is 5.41 Å². The number of rotatable bonds is 4. The molecule has 2 heteroatoms. The van der Waals surface area contributed by atoms with E-state index >= 15 is 0 Å². The molecule has 0 bridgehead atoms. The number of benzene rings is 2. The predicted octanol–water partition coefficient (Wildman–Crippen LogP) is 6.88. The minimum Gasteiger partial charge on any atom is -0.198 e. The maximum Gasteiger partial charge on any atom is 0.210 e. The van der Waals surface area contributed by atoms with Crippen LogP contribution in [0.5, 0.6) is 0 Å². The molecule has 138 valence electrons. The van der Waals surface area contributed by atoms with Crippen LogP contribution < -0.4 is 0 Å². The number of fused-ring (bicyclic) bond motifs is 3. The molecule has 2 aromatic carbocycles. The van der Waals surface area contributed by atoms with Gasteiger partial charge < -0.3 is 0 Å². The summed E-state index contributed by atoms with van der Waals surface area (Å²) >= 11 is 1.79. The van der Waals surface area contributed by atoms with Crippen molar-refractivity contribution in [2.24, 2.45) is 0 Å². The minimum atomic E-state index is -0.0451. The summed E-state index contributed by atoms with van der Waals surface area (Å²) < 4.78 is 2.40. The molecule has 1 unspecified atom stereocenters. The predicted molar refractivity (Wildman–Crippen MR) is 122 cm³/mol. The molecule has 0 spiro atoms. The van der Waals surface area contributed by atoms with Crippen molar-refractivity contribution in [2.75, 3.05) is 7.05 Å². The molecule has 2 aliphatic rings. The number of nitrogens with zero attached hydrogens (tertiary/aromatic N) is 1. The van der Waals surface area contributed by atoms with Crippen LogP contribution in [-0.2, 0) is 5.41 Å². The number of hydrogen-bond acceptors (Lipinski definition) is 1. The quantitative estimate of drug-likeness (QED) is 0.433. The van der Waals surface area contributed by atoms with Crippen molar-refractivity contribution in [3.8, 4) is 0 Å². The van der Waals surface area contributed by atoms with E-state index in [1.54, 1.807) is 11.3 Å². The topological polar surface area (TPSA) is 3.01 Å². The molecular weight excluding hydrogens is 358 g/mol. The maximum atomic E-state index is 2.43. The van der Waals surface area contributed by atoms with E-state index in [0.717, 1.165) is 12.8 Å². The first-order chi connectivity index (χ1) is 13.7. The van der Waals surface area contributed by atoms with Gasteiger partial charge in [0.2, 0.25) is 5.69 Å². The highest BCUT2D eigenvalue weighted by Crippen LogP contribution is 2.47. The molecule has 0 saturated heterocycles. The van der Waals surface area contributed by atoms with Crippen LogP contribution in [0, 0.1) is 0 Å². The molecule has 1 aromatic heterocycles. The Balaban J connectivity index is 1.70. The lowest BCUT2D eigenvalue weighted by Crippen LogP contribution is -2.31. The summed E-state index contributed by atoms with van der Waals surface area (Å²) in [5.74, 6) is 0. The van der Waals surface area contributed by atoms with E-state index in [4.69, 9.17) is 0 Å². The van der Waals surface area contributed by atoms with E-state index < -0.39 is 0 Å². The van der Waals surface area contributed by atoms with E-state index in [1.165, 1.54) is 38.2 Å².